The van der Waals surface area contributed by atoms with E-state index in [-0.39, 0.29) is 23.9 Å². The molecule has 0 aliphatic carbocycles. The van der Waals surface area contributed by atoms with Crippen LogP contribution in [0.2, 0.25) is 0 Å². The first kappa shape index (κ1) is 19.0. The summed E-state index contributed by atoms with van der Waals surface area (Å²) in [7, 11) is 0. The second-order valence-corrected chi connectivity index (χ2v) is 7.13. The average molecular weight is 359 g/mol. The number of aryl methyl sites for hydroxylation is 1. The Morgan fingerprint density at radius 2 is 1.76 bits per heavy atom. The lowest BCUT2D eigenvalue weighted by Crippen LogP contribution is -2.42. The van der Waals surface area contributed by atoms with Crippen LogP contribution in [0.4, 0.5) is 4.79 Å². The number of nitrogens with one attached hydrogen (secondary N) is 3. The van der Waals surface area contributed by atoms with Crippen LogP contribution in [-0.4, -0.2) is 25.0 Å². The minimum absolute atomic E-state index is 0.0152. The Morgan fingerprint density at radius 3 is 2.40 bits per heavy atom. The number of hydrogen-bond acceptors (Lipinski definition) is 3. The maximum absolute atomic E-state index is 12.3. The molecule has 2 aromatic rings. The van der Waals surface area contributed by atoms with Gasteiger partial charge in [0.15, 0.2) is 0 Å². The first-order chi connectivity index (χ1) is 12.0. The van der Waals surface area contributed by atoms with Crippen LogP contribution in [0.3, 0.4) is 0 Å². The topological polar surface area (TPSA) is 70.2 Å². The molecule has 1 aromatic heterocycles. The summed E-state index contributed by atoms with van der Waals surface area (Å²) in [6, 6.07) is 11.6. The minimum atomic E-state index is -0.250. The van der Waals surface area contributed by atoms with Gasteiger partial charge in [-0.05, 0) is 29.5 Å². The summed E-state index contributed by atoms with van der Waals surface area (Å²) < 4.78 is 0. The number of carbonyl (C=O) groups is 2. The van der Waals surface area contributed by atoms with E-state index in [1.807, 2.05) is 62.5 Å². The second-order valence-electron chi connectivity index (χ2n) is 6.15. The number of rotatable bonds is 7. The van der Waals surface area contributed by atoms with Crippen LogP contribution in [0.5, 0.6) is 0 Å². The monoisotopic (exact) mass is 359 g/mol. The Morgan fingerprint density at radius 1 is 1.04 bits per heavy atom. The van der Waals surface area contributed by atoms with Gasteiger partial charge >= 0.3 is 6.03 Å². The van der Waals surface area contributed by atoms with Crippen molar-refractivity contribution in [2.45, 2.75) is 26.8 Å². The number of amides is 3. The highest BCUT2D eigenvalue weighted by molar-refractivity contribution is 7.10. The van der Waals surface area contributed by atoms with Crippen LogP contribution in [0.25, 0.3) is 0 Å². The first-order valence-corrected chi connectivity index (χ1v) is 9.28. The minimum Gasteiger partial charge on any atom is -0.354 e. The predicted molar refractivity (Wildman–Crippen MR) is 102 cm³/mol. The molecular weight excluding hydrogens is 334 g/mol. The lowest BCUT2D eigenvalue weighted by molar-refractivity contribution is -0.123. The van der Waals surface area contributed by atoms with E-state index in [0.29, 0.717) is 13.1 Å². The molecule has 0 spiro atoms. The fraction of sp³-hybridized carbons (Fsp3) is 0.368. The predicted octanol–water partition coefficient (Wildman–Crippen LogP) is 3.22. The molecule has 134 valence electrons. The molecule has 2 rings (SSSR count). The summed E-state index contributed by atoms with van der Waals surface area (Å²) in [6.45, 7) is 6.51. The standard InChI is InChI=1S/C19H25N3O2S/c1-13(2)18(23)20-10-11-21-19(24)22-17(16-9-6-12-25-16)15-8-5-4-7-14(15)3/h4-9,12-13,17H,10-11H2,1-3H3,(H,20,23)(H2,21,22,24)/t17-/m1/s1. The molecular formula is C19H25N3O2S. The SMILES string of the molecule is Cc1ccccc1[C@@H](NC(=O)NCCNC(=O)C(C)C)c1cccs1. The number of urea groups is 1. The summed E-state index contributed by atoms with van der Waals surface area (Å²) in [4.78, 5) is 24.9. The quantitative estimate of drug-likeness (QED) is 0.664. The van der Waals surface area contributed by atoms with Crippen molar-refractivity contribution in [3.05, 3.63) is 57.8 Å². The molecule has 0 aliphatic heterocycles. The van der Waals surface area contributed by atoms with Crippen molar-refractivity contribution in [2.24, 2.45) is 5.92 Å². The van der Waals surface area contributed by atoms with Crippen molar-refractivity contribution in [3.63, 3.8) is 0 Å². The van der Waals surface area contributed by atoms with Crippen molar-refractivity contribution >= 4 is 23.3 Å². The van der Waals surface area contributed by atoms with Crippen molar-refractivity contribution in [1.82, 2.24) is 16.0 Å². The smallest absolute Gasteiger partial charge is 0.315 e. The van der Waals surface area contributed by atoms with E-state index in [4.69, 9.17) is 0 Å². The molecule has 25 heavy (non-hydrogen) atoms. The molecule has 0 saturated carbocycles. The van der Waals surface area contributed by atoms with Crippen LogP contribution in [0, 0.1) is 12.8 Å². The van der Waals surface area contributed by atoms with E-state index >= 15 is 0 Å². The molecule has 1 atom stereocenters. The molecule has 0 unspecified atom stereocenters. The molecule has 0 aliphatic rings. The zero-order chi connectivity index (χ0) is 18.2. The van der Waals surface area contributed by atoms with Gasteiger partial charge in [0.25, 0.3) is 0 Å². The Labute approximate surface area is 152 Å². The molecule has 0 bridgehead atoms. The van der Waals surface area contributed by atoms with Gasteiger partial charge in [-0.2, -0.15) is 0 Å². The lowest BCUT2D eigenvalue weighted by atomic mass is 10.0. The Kier molecular flexibility index (Phi) is 7.01. The first-order valence-electron chi connectivity index (χ1n) is 8.40. The van der Waals surface area contributed by atoms with E-state index < -0.39 is 0 Å². The normalized spacial score (nSPS) is 11.8. The highest BCUT2D eigenvalue weighted by Crippen LogP contribution is 2.28. The molecule has 1 aromatic carbocycles. The summed E-state index contributed by atoms with van der Waals surface area (Å²) in [5.74, 6) is -0.0725. The second kappa shape index (κ2) is 9.22. The summed E-state index contributed by atoms with van der Waals surface area (Å²) >= 11 is 1.61. The molecule has 0 fully saturated rings. The number of benzene rings is 1. The maximum Gasteiger partial charge on any atom is 0.315 e. The maximum atomic E-state index is 12.3. The third-order valence-corrected chi connectivity index (χ3v) is 4.77. The van der Waals surface area contributed by atoms with Gasteiger partial charge in [0.1, 0.15) is 0 Å². The van der Waals surface area contributed by atoms with Gasteiger partial charge in [-0.3, -0.25) is 4.79 Å². The van der Waals surface area contributed by atoms with E-state index in [9.17, 15) is 9.59 Å². The van der Waals surface area contributed by atoms with E-state index in [1.54, 1.807) is 11.3 Å². The van der Waals surface area contributed by atoms with Crippen LogP contribution in [0.1, 0.15) is 35.9 Å². The Balaban J connectivity index is 1.95. The van der Waals surface area contributed by atoms with Crippen LogP contribution >= 0.6 is 11.3 Å². The van der Waals surface area contributed by atoms with Crippen LogP contribution in [0.15, 0.2) is 41.8 Å². The van der Waals surface area contributed by atoms with Gasteiger partial charge in [-0.1, -0.05) is 44.2 Å². The largest absolute Gasteiger partial charge is 0.354 e. The number of carbonyl (C=O) groups excluding carboxylic acids is 2. The third kappa shape index (κ3) is 5.60. The fourth-order valence-electron chi connectivity index (χ4n) is 2.42. The number of thiophene rings is 1. The molecule has 5 nitrogen and oxygen atoms in total. The summed E-state index contributed by atoms with van der Waals surface area (Å²) in [6.07, 6.45) is 0. The van der Waals surface area contributed by atoms with Crippen molar-refractivity contribution in [1.29, 1.82) is 0 Å². The van der Waals surface area contributed by atoms with Crippen LogP contribution < -0.4 is 16.0 Å². The van der Waals surface area contributed by atoms with Gasteiger partial charge in [-0.15, -0.1) is 11.3 Å². The molecule has 1 heterocycles. The van der Waals surface area contributed by atoms with Crippen LogP contribution in [-0.2, 0) is 4.79 Å². The zero-order valence-corrected chi connectivity index (χ0v) is 15.7. The fourth-order valence-corrected chi connectivity index (χ4v) is 3.21. The average Bonchev–Trinajstić information content (AvgIpc) is 3.11. The number of hydrogen-bond donors (Lipinski definition) is 3. The summed E-state index contributed by atoms with van der Waals surface area (Å²) in [5.41, 5.74) is 2.21. The van der Waals surface area contributed by atoms with E-state index in [1.165, 1.54) is 0 Å². The lowest BCUT2D eigenvalue weighted by Gasteiger charge is -2.20. The molecule has 3 amide bonds. The van der Waals surface area contributed by atoms with Crippen molar-refractivity contribution in [3.8, 4) is 0 Å². The van der Waals surface area contributed by atoms with Crippen molar-refractivity contribution in [2.75, 3.05) is 13.1 Å². The van der Waals surface area contributed by atoms with Gasteiger partial charge < -0.3 is 16.0 Å². The molecule has 0 radical (unpaired) electrons. The highest BCUT2D eigenvalue weighted by Gasteiger charge is 2.19. The van der Waals surface area contributed by atoms with Gasteiger partial charge in [0, 0.05) is 23.9 Å². The van der Waals surface area contributed by atoms with E-state index in [2.05, 4.69) is 16.0 Å². The Hall–Kier alpha value is -2.34. The Bertz CT molecular complexity index is 698. The summed E-state index contributed by atoms with van der Waals surface area (Å²) in [5, 5.41) is 10.6. The van der Waals surface area contributed by atoms with Gasteiger partial charge in [-0.25, -0.2) is 4.79 Å². The zero-order valence-electron chi connectivity index (χ0n) is 14.8. The van der Waals surface area contributed by atoms with Gasteiger partial charge in [0.2, 0.25) is 5.91 Å². The van der Waals surface area contributed by atoms with E-state index in [0.717, 1.165) is 16.0 Å². The highest BCUT2D eigenvalue weighted by atomic mass is 32.1. The third-order valence-electron chi connectivity index (χ3n) is 3.84. The molecule has 0 saturated heterocycles. The molecule has 3 N–H and O–H groups in total. The molecule has 6 heteroatoms. The van der Waals surface area contributed by atoms with Crippen molar-refractivity contribution < 1.29 is 9.59 Å². The van der Waals surface area contributed by atoms with Gasteiger partial charge in [0.05, 0.1) is 6.04 Å².